The van der Waals surface area contributed by atoms with Crippen molar-refractivity contribution in [2.45, 2.75) is 45.8 Å². The van der Waals surface area contributed by atoms with Crippen molar-refractivity contribution >= 4 is 21.8 Å². The topological polar surface area (TPSA) is 58.6 Å². The van der Waals surface area contributed by atoms with Gasteiger partial charge in [-0.15, -0.1) is 0 Å². The Kier molecular flexibility index (Phi) is 7.02. The van der Waals surface area contributed by atoms with Gasteiger partial charge in [0.25, 0.3) is 5.91 Å². The summed E-state index contributed by atoms with van der Waals surface area (Å²) in [6.07, 6.45) is 1.16. The van der Waals surface area contributed by atoms with Gasteiger partial charge in [0, 0.05) is 16.1 Å². The fourth-order valence-corrected chi connectivity index (χ4v) is 2.26. The lowest BCUT2D eigenvalue weighted by atomic mass is 10.1. The van der Waals surface area contributed by atoms with E-state index in [0.29, 0.717) is 11.3 Å². The van der Waals surface area contributed by atoms with E-state index in [1.165, 1.54) is 0 Å². The van der Waals surface area contributed by atoms with Crippen molar-refractivity contribution in [3.8, 4) is 5.75 Å². The van der Waals surface area contributed by atoms with Gasteiger partial charge in [-0.3, -0.25) is 4.79 Å². The van der Waals surface area contributed by atoms with Crippen LogP contribution in [0.4, 0.5) is 0 Å². The molecule has 1 aromatic rings. The average Bonchev–Trinajstić information content (AvgIpc) is 2.43. The van der Waals surface area contributed by atoms with Crippen molar-refractivity contribution in [3.63, 3.8) is 0 Å². The first-order valence-electron chi connectivity index (χ1n) is 6.87. The molecule has 1 rings (SSSR count). The van der Waals surface area contributed by atoms with E-state index in [1.54, 1.807) is 19.1 Å². The minimum absolute atomic E-state index is 0.0438. The Labute approximate surface area is 128 Å². The second kappa shape index (κ2) is 8.27. The van der Waals surface area contributed by atoms with E-state index in [0.717, 1.165) is 17.3 Å². The van der Waals surface area contributed by atoms with E-state index < -0.39 is 6.10 Å². The maximum Gasteiger partial charge on any atom is 0.258 e. The minimum Gasteiger partial charge on any atom is -0.483 e. The third-order valence-electron chi connectivity index (χ3n) is 3.13. The fourth-order valence-electron chi connectivity index (χ4n) is 1.88. The van der Waals surface area contributed by atoms with Crippen LogP contribution in [0.2, 0.25) is 0 Å². The predicted molar refractivity (Wildman–Crippen MR) is 82.8 cm³/mol. The largest absolute Gasteiger partial charge is 0.483 e. The van der Waals surface area contributed by atoms with Gasteiger partial charge in [-0.1, -0.05) is 29.8 Å². The maximum absolute atomic E-state index is 11.8. The van der Waals surface area contributed by atoms with Gasteiger partial charge in [-0.05, 0) is 38.0 Å². The van der Waals surface area contributed by atoms with Crippen LogP contribution in [0.15, 0.2) is 22.7 Å². The van der Waals surface area contributed by atoms with Gasteiger partial charge in [0.2, 0.25) is 0 Å². The van der Waals surface area contributed by atoms with E-state index in [-0.39, 0.29) is 18.6 Å². The van der Waals surface area contributed by atoms with Gasteiger partial charge in [-0.25, -0.2) is 0 Å². The number of hydrogen-bond acceptors (Lipinski definition) is 3. The average molecular weight is 344 g/mol. The molecule has 0 aliphatic rings. The molecule has 1 atom stereocenters. The molecule has 1 aromatic carbocycles. The van der Waals surface area contributed by atoms with Gasteiger partial charge in [0.05, 0.1) is 6.10 Å². The standard InChI is InChI=1S/C15H22BrNO3/c1-4-12(5-2)17-15(19)9-20-14-7-6-11(16)8-13(14)10(3)18/h6-8,10,12,18H,4-5,9H2,1-3H3,(H,17,19). The van der Waals surface area contributed by atoms with Crippen LogP contribution >= 0.6 is 15.9 Å². The van der Waals surface area contributed by atoms with Crippen molar-refractivity contribution in [3.05, 3.63) is 28.2 Å². The van der Waals surface area contributed by atoms with Gasteiger partial charge < -0.3 is 15.2 Å². The summed E-state index contributed by atoms with van der Waals surface area (Å²) in [4.78, 5) is 11.8. The molecule has 0 aliphatic carbocycles. The number of carbonyl (C=O) groups excluding carboxylic acids is 1. The second-order valence-corrected chi connectivity index (χ2v) is 5.64. The highest BCUT2D eigenvalue weighted by atomic mass is 79.9. The molecule has 1 amide bonds. The molecule has 5 heteroatoms. The first kappa shape index (κ1) is 17.0. The monoisotopic (exact) mass is 343 g/mol. The highest BCUT2D eigenvalue weighted by molar-refractivity contribution is 9.10. The Morgan fingerprint density at radius 1 is 1.40 bits per heavy atom. The second-order valence-electron chi connectivity index (χ2n) is 4.73. The summed E-state index contributed by atoms with van der Waals surface area (Å²) in [5, 5.41) is 12.6. The number of ether oxygens (including phenoxy) is 1. The third kappa shape index (κ3) is 5.13. The van der Waals surface area contributed by atoms with E-state index in [2.05, 4.69) is 21.2 Å². The zero-order valence-electron chi connectivity index (χ0n) is 12.1. The smallest absolute Gasteiger partial charge is 0.258 e. The number of benzene rings is 1. The predicted octanol–water partition coefficient (Wildman–Crippen LogP) is 3.19. The minimum atomic E-state index is -0.649. The van der Waals surface area contributed by atoms with Crippen molar-refractivity contribution in [2.24, 2.45) is 0 Å². The SMILES string of the molecule is CCC(CC)NC(=O)COc1ccc(Br)cc1C(C)O. The molecule has 0 bridgehead atoms. The molecule has 0 radical (unpaired) electrons. The Balaban J connectivity index is 2.63. The van der Waals surface area contributed by atoms with E-state index in [4.69, 9.17) is 4.74 Å². The Morgan fingerprint density at radius 3 is 2.60 bits per heavy atom. The highest BCUT2D eigenvalue weighted by Crippen LogP contribution is 2.28. The number of amides is 1. The zero-order valence-corrected chi connectivity index (χ0v) is 13.7. The summed E-state index contributed by atoms with van der Waals surface area (Å²) < 4.78 is 6.38. The summed E-state index contributed by atoms with van der Waals surface area (Å²) >= 11 is 3.35. The van der Waals surface area contributed by atoms with E-state index in [1.807, 2.05) is 19.9 Å². The van der Waals surface area contributed by atoms with E-state index in [9.17, 15) is 9.90 Å². The number of aliphatic hydroxyl groups excluding tert-OH is 1. The van der Waals surface area contributed by atoms with Crippen LogP contribution in [0.3, 0.4) is 0 Å². The molecule has 0 aliphatic heterocycles. The zero-order chi connectivity index (χ0) is 15.1. The first-order chi connectivity index (χ1) is 9.47. The van der Waals surface area contributed by atoms with Crippen LogP contribution in [0.1, 0.15) is 45.3 Å². The van der Waals surface area contributed by atoms with E-state index >= 15 is 0 Å². The van der Waals surface area contributed by atoms with Crippen molar-refractivity contribution in [1.82, 2.24) is 5.32 Å². The van der Waals surface area contributed by atoms with Crippen LogP contribution < -0.4 is 10.1 Å². The Bertz CT molecular complexity index is 445. The highest BCUT2D eigenvalue weighted by Gasteiger charge is 2.13. The molecule has 0 spiro atoms. The molecular formula is C15H22BrNO3. The number of nitrogens with one attached hydrogen (secondary N) is 1. The van der Waals surface area contributed by atoms with Crippen LogP contribution in [-0.4, -0.2) is 23.7 Å². The lowest BCUT2D eigenvalue weighted by Gasteiger charge is -2.17. The molecule has 0 saturated heterocycles. The third-order valence-corrected chi connectivity index (χ3v) is 3.62. The van der Waals surface area contributed by atoms with Gasteiger partial charge in [-0.2, -0.15) is 0 Å². The molecule has 2 N–H and O–H groups in total. The number of rotatable bonds is 7. The molecule has 4 nitrogen and oxygen atoms in total. The molecule has 0 saturated carbocycles. The van der Waals surface area contributed by atoms with Crippen LogP contribution in [0.5, 0.6) is 5.75 Å². The molecule has 0 fully saturated rings. The lowest BCUT2D eigenvalue weighted by Crippen LogP contribution is -2.37. The number of hydrogen-bond donors (Lipinski definition) is 2. The number of aliphatic hydroxyl groups is 1. The van der Waals surface area contributed by atoms with Gasteiger partial charge in [0.1, 0.15) is 5.75 Å². The maximum atomic E-state index is 11.8. The van der Waals surface area contributed by atoms with Gasteiger partial charge in [0.15, 0.2) is 6.61 Å². The summed E-state index contributed by atoms with van der Waals surface area (Å²) in [5.41, 5.74) is 0.662. The molecule has 20 heavy (non-hydrogen) atoms. The molecule has 1 unspecified atom stereocenters. The summed E-state index contributed by atoms with van der Waals surface area (Å²) in [6.45, 7) is 5.70. The molecule has 0 aromatic heterocycles. The van der Waals surface area contributed by atoms with Crippen LogP contribution in [0, 0.1) is 0 Å². The Hall–Kier alpha value is -1.07. The summed E-state index contributed by atoms with van der Waals surface area (Å²) in [6, 6.07) is 5.54. The van der Waals surface area contributed by atoms with Crippen molar-refractivity contribution in [1.29, 1.82) is 0 Å². The number of halogens is 1. The molecule has 0 heterocycles. The lowest BCUT2D eigenvalue weighted by molar-refractivity contribution is -0.123. The number of carbonyl (C=O) groups is 1. The molecular weight excluding hydrogens is 322 g/mol. The quantitative estimate of drug-likeness (QED) is 0.799. The fraction of sp³-hybridized carbons (Fsp3) is 0.533. The summed E-state index contributed by atoms with van der Waals surface area (Å²) in [7, 11) is 0. The molecule has 112 valence electrons. The summed E-state index contributed by atoms with van der Waals surface area (Å²) in [5.74, 6) is 0.390. The first-order valence-corrected chi connectivity index (χ1v) is 7.66. The normalized spacial score (nSPS) is 12.3. The van der Waals surface area contributed by atoms with Crippen LogP contribution in [-0.2, 0) is 4.79 Å². The van der Waals surface area contributed by atoms with Crippen molar-refractivity contribution in [2.75, 3.05) is 6.61 Å². The van der Waals surface area contributed by atoms with Crippen LogP contribution in [0.25, 0.3) is 0 Å². The van der Waals surface area contributed by atoms with Crippen molar-refractivity contribution < 1.29 is 14.6 Å². The van der Waals surface area contributed by atoms with Gasteiger partial charge >= 0.3 is 0 Å². The Morgan fingerprint density at radius 2 is 2.05 bits per heavy atom.